The molecule has 2 heterocycles. The van der Waals surface area contributed by atoms with Crippen molar-refractivity contribution in [2.45, 2.75) is 20.3 Å². The second-order valence-electron chi connectivity index (χ2n) is 5.93. The second-order valence-corrected chi connectivity index (χ2v) is 6.31. The molecule has 1 N–H and O–H groups in total. The van der Waals surface area contributed by atoms with Gasteiger partial charge in [0.05, 0.1) is 17.2 Å². The fourth-order valence-electron chi connectivity index (χ4n) is 2.72. The van der Waals surface area contributed by atoms with Crippen molar-refractivity contribution in [3.05, 3.63) is 52.8 Å². The molecule has 0 aliphatic rings. The number of carbonyl (C=O) groups is 1. The summed E-state index contributed by atoms with van der Waals surface area (Å²) >= 11 is 6.47. The van der Waals surface area contributed by atoms with Crippen molar-refractivity contribution >= 4 is 34.2 Å². The van der Waals surface area contributed by atoms with Gasteiger partial charge < -0.3 is 14.6 Å². The van der Waals surface area contributed by atoms with Crippen molar-refractivity contribution in [2.75, 3.05) is 11.9 Å². The number of nitrogens with one attached hydrogen (secondary N) is 1. The third-order valence-electron chi connectivity index (χ3n) is 3.94. The number of hydrogen-bond donors (Lipinski definition) is 1. The van der Waals surface area contributed by atoms with E-state index in [9.17, 15) is 4.79 Å². The van der Waals surface area contributed by atoms with Crippen LogP contribution in [0.15, 0.2) is 36.7 Å². The van der Waals surface area contributed by atoms with E-state index in [-0.39, 0.29) is 5.91 Å². The molecule has 0 fully saturated rings. The first-order valence-corrected chi connectivity index (χ1v) is 8.53. The highest BCUT2D eigenvalue weighted by molar-refractivity contribution is 6.39. The molecule has 3 aromatic rings. The molecule has 0 unspecified atom stereocenters. The van der Waals surface area contributed by atoms with Crippen molar-refractivity contribution in [3.8, 4) is 5.75 Å². The number of nitrogens with zero attached hydrogens (tertiary/aromatic N) is 2. The number of rotatable bonds is 5. The molecule has 0 aliphatic carbocycles. The number of halogens is 1. The van der Waals surface area contributed by atoms with Gasteiger partial charge in [-0.1, -0.05) is 18.5 Å². The number of anilines is 1. The zero-order valence-electron chi connectivity index (χ0n) is 14.5. The van der Waals surface area contributed by atoms with Crippen LogP contribution in [0.4, 0.5) is 5.69 Å². The summed E-state index contributed by atoms with van der Waals surface area (Å²) in [7, 11) is 1.90. The van der Waals surface area contributed by atoms with Gasteiger partial charge in [-0.15, -0.1) is 0 Å². The summed E-state index contributed by atoms with van der Waals surface area (Å²) in [6, 6.07) is 7.26. The van der Waals surface area contributed by atoms with Gasteiger partial charge in [0.2, 0.25) is 0 Å². The van der Waals surface area contributed by atoms with E-state index in [4.69, 9.17) is 16.3 Å². The van der Waals surface area contributed by atoms with Crippen LogP contribution in [0.3, 0.4) is 0 Å². The number of aromatic nitrogens is 2. The molecule has 0 radical (unpaired) electrons. The predicted octanol–water partition coefficient (Wildman–Crippen LogP) is 4.58. The number of hydrogen-bond acceptors (Lipinski definition) is 3. The van der Waals surface area contributed by atoms with Gasteiger partial charge in [-0.25, -0.2) is 4.98 Å². The van der Waals surface area contributed by atoms with Crippen LogP contribution in [-0.2, 0) is 7.05 Å². The molecule has 3 rings (SSSR count). The average molecular weight is 358 g/mol. The summed E-state index contributed by atoms with van der Waals surface area (Å²) in [5.41, 5.74) is 2.78. The van der Waals surface area contributed by atoms with Gasteiger partial charge in [0.25, 0.3) is 5.91 Å². The number of fused-ring (bicyclic) bond motifs is 1. The van der Waals surface area contributed by atoms with Crippen LogP contribution in [0.1, 0.15) is 29.3 Å². The van der Waals surface area contributed by atoms with Crippen LogP contribution in [0.2, 0.25) is 5.02 Å². The minimum Gasteiger partial charge on any atom is -0.494 e. The van der Waals surface area contributed by atoms with Gasteiger partial charge in [0.1, 0.15) is 11.4 Å². The summed E-state index contributed by atoms with van der Waals surface area (Å²) in [6.45, 7) is 4.67. The Hall–Kier alpha value is -2.53. The van der Waals surface area contributed by atoms with Crippen molar-refractivity contribution in [1.82, 2.24) is 9.55 Å². The lowest BCUT2D eigenvalue weighted by Crippen LogP contribution is -2.13. The predicted molar refractivity (Wildman–Crippen MR) is 101 cm³/mol. The average Bonchev–Trinajstić information content (AvgIpc) is 2.89. The number of benzene rings is 1. The highest BCUT2D eigenvalue weighted by Gasteiger charge is 2.17. The third kappa shape index (κ3) is 3.46. The number of ether oxygens (including phenoxy) is 1. The van der Waals surface area contributed by atoms with Crippen LogP contribution in [0.25, 0.3) is 11.0 Å². The third-order valence-corrected chi connectivity index (χ3v) is 4.33. The molecule has 5 nitrogen and oxygen atoms in total. The largest absolute Gasteiger partial charge is 0.494 e. The number of aryl methyl sites for hydroxylation is 2. The van der Waals surface area contributed by atoms with E-state index in [1.807, 2.05) is 36.9 Å². The maximum absolute atomic E-state index is 12.6. The van der Waals surface area contributed by atoms with Gasteiger partial charge in [-0.3, -0.25) is 4.79 Å². The summed E-state index contributed by atoms with van der Waals surface area (Å²) in [6.07, 6.45) is 4.41. The SMILES string of the molecule is CCCOc1ccc(NC(=O)c2cnc3c(c(C)cn3C)c2Cl)cc1. The molecule has 0 saturated heterocycles. The van der Waals surface area contributed by atoms with Crippen molar-refractivity contribution in [1.29, 1.82) is 0 Å². The Kier molecular flexibility index (Phi) is 4.95. The Morgan fingerprint density at radius 3 is 2.72 bits per heavy atom. The highest BCUT2D eigenvalue weighted by Crippen LogP contribution is 2.30. The van der Waals surface area contributed by atoms with Gasteiger partial charge in [-0.2, -0.15) is 0 Å². The second kappa shape index (κ2) is 7.15. The van der Waals surface area contributed by atoms with Gasteiger partial charge in [0, 0.05) is 30.5 Å². The van der Waals surface area contributed by atoms with E-state index in [1.54, 1.807) is 12.1 Å². The maximum atomic E-state index is 12.6. The highest BCUT2D eigenvalue weighted by atomic mass is 35.5. The van der Waals surface area contributed by atoms with E-state index >= 15 is 0 Å². The van der Waals surface area contributed by atoms with Gasteiger partial charge in [-0.05, 0) is 43.2 Å². The summed E-state index contributed by atoms with van der Waals surface area (Å²) in [5, 5.41) is 4.07. The van der Waals surface area contributed by atoms with Crippen LogP contribution in [0, 0.1) is 6.92 Å². The molecule has 25 heavy (non-hydrogen) atoms. The van der Waals surface area contributed by atoms with Crippen molar-refractivity contribution < 1.29 is 9.53 Å². The van der Waals surface area contributed by atoms with Gasteiger partial charge in [0.15, 0.2) is 0 Å². The normalized spacial score (nSPS) is 10.9. The minimum absolute atomic E-state index is 0.287. The summed E-state index contributed by atoms with van der Waals surface area (Å²) in [5.74, 6) is 0.491. The van der Waals surface area contributed by atoms with Crippen molar-refractivity contribution in [2.24, 2.45) is 7.05 Å². The summed E-state index contributed by atoms with van der Waals surface area (Å²) in [4.78, 5) is 17.0. The standard InChI is InChI=1S/C19H20ClN3O2/c1-4-9-25-14-7-5-13(6-8-14)22-19(24)15-10-21-18-16(17(15)20)12(2)11-23(18)3/h5-8,10-11H,4,9H2,1-3H3,(H,22,24). The molecular weight excluding hydrogens is 338 g/mol. The lowest BCUT2D eigenvalue weighted by atomic mass is 10.1. The van der Waals surface area contributed by atoms with E-state index in [1.165, 1.54) is 6.20 Å². The fourth-order valence-corrected chi connectivity index (χ4v) is 3.09. The molecule has 1 amide bonds. The van der Waals surface area contributed by atoms with Crippen LogP contribution in [-0.4, -0.2) is 22.1 Å². The zero-order chi connectivity index (χ0) is 18.0. The molecule has 0 saturated carbocycles. The van der Waals surface area contributed by atoms with Crippen LogP contribution >= 0.6 is 11.6 Å². The molecule has 2 aromatic heterocycles. The Balaban J connectivity index is 1.82. The Morgan fingerprint density at radius 1 is 1.32 bits per heavy atom. The molecule has 130 valence electrons. The number of carbonyl (C=O) groups excluding carboxylic acids is 1. The van der Waals surface area contributed by atoms with E-state index in [2.05, 4.69) is 17.2 Å². The van der Waals surface area contributed by atoms with E-state index < -0.39 is 0 Å². The molecule has 0 bridgehead atoms. The molecule has 0 aliphatic heterocycles. The van der Waals surface area contributed by atoms with E-state index in [0.29, 0.717) is 22.9 Å². The Bertz CT molecular complexity index is 917. The monoisotopic (exact) mass is 357 g/mol. The van der Waals surface area contributed by atoms with Crippen LogP contribution in [0.5, 0.6) is 5.75 Å². The Morgan fingerprint density at radius 2 is 2.04 bits per heavy atom. The van der Waals surface area contributed by atoms with Gasteiger partial charge >= 0.3 is 0 Å². The van der Waals surface area contributed by atoms with Crippen LogP contribution < -0.4 is 10.1 Å². The lowest BCUT2D eigenvalue weighted by Gasteiger charge is -2.09. The first kappa shape index (κ1) is 17.3. The lowest BCUT2D eigenvalue weighted by molar-refractivity contribution is 0.102. The molecule has 0 spiro atoms. The molecule has 0 atom stereocenters. The minimum atomic E-state index is -0.287. The fraction of sp³-hybridized carbons (Fsp3) is 0.263. The topological polar surface area (TPSA) is 56.1 Å². The first-order chi connectivity index (χ1) is 12.0. The smallest absolute Gasteiger partial charge is 0.258 e. The maximum Gasteiger partial charge on any atom is 0.258 e. The molecule has 1 aromatic carbocycles. The molecular formula is C19H20ClN3O2. The van der Waals surface area contributed by atoms with Crippen molar-refractivity contribution in [3.63, 3.8) is 0 Å². The number of pyridine rings is 1. The number of amides is 1. The summed E-state index contributed by atoms with van der Waals surface area (Å²) < 4.78 is 7.43. The zero-order valence-corrected chi connectivity index (χ0v) is 15.2. The Labute approximate surface area is 151 Å². The first-order valence-electron chi connectivity index (χ1n) is 8.15. The quantitative estimate of drug-likeness (QED) is 0.727. The molecule has 6 heteroatoms. The van der Waals surface area contributed by atoms with E-state index in [0.717, 1.165) is 28.8 Å².